The number of ether oxygens (including phenoxy) is 1. The smallest absolute Gasteiger partial charge is 0.406 e. The predicted molar refractivity (Wildman–Crippen MR) is 144 cm³/mol. The van der Waals surface area contributed by atoms with Gasteiger partial charge in [-0.3, -0.25) is 0 Å². The van der Waals surface area contributed by atoms with E-state index in [1.807, 2.05) is 30.3 Å². The van der Waals surface area contributed by atoms with Gasteiger partial charge >= 0.3 is 6.36 Å². The summed E-state index contributed by atoms with van der Waals surface area (Å²) in [6, 6.07) is 23.8. The first kappa shape index (κ1) is 27.4. The summed E-state index contributed by atoms with van der Waals surface area (Å²) in [5.41, 5.74) is 4.63. The lowest BCUT2D eigenvalue weighted by Gasteiger charge is -2.28. The third-order valence-corrected chi connectivity index (χ3v) is 10.5. The van der Waals surface area contributed by atoms with Crippen LogP contribution >= 0.6 is 0 Å². The molecule has 197 valence electrons. The summed E-state index contributed by atoms with van der Waals surface area (Å²) in [5.74, 6) is 0.107. The minimum absolute atomic E-state index is 0.162. The van der Waals surface area contributed by atoms with E-state index < -0.39 is 6.36 Å². The lowest BCUT2D eigenvalue weighted by molar-refractivity contribution is -0.274. The summed E-state index contributed by atoms with van der Waals surface area (Å²) in [6.45, 7) is 2.26. The molecule has 1 aliphatic rings. The SMILES string of the molecule is CCCCC[Si]1CCC(c2ccc(-c3ccc(CCc4ccc(OC(F)(F)F)cc4)cc3)c(F)c2)CC1. The fourth-order valence-electron chi connectivity index (χ4n) is 5.25. The van der Waals surface area contributed by atoms with E-state index >= 15 is 4.39 Å². The molecule has 1 fully saturated rings. The molecule has 0 bridgehead atoms. The molecular formula is C31H35F4OSi. The first-order chi connectivity index (χ1) is 17.8. The average Bonchev–Trinajstić information content (AvgIpc) is 2.88. The molecule has 6 heteroatoms. The number of rotatable bonds is 10. The monoisotopic (exact) mass is 527 g/mol. The van der Waals surface area contributed by atoms with Crippen molar-refractivity contribution in [2.24, 2.45) is 0 Å². The van der Waals surface area contributed by atoms with Gasteiger partial charge in [0.15, 0.2) is 0 Å². The third-order valence-electron chi connectivity index (χ3n) is 7.42. The van der Waals surface area contributed by atoms with E-state index in [2.05, 4.69) is 17.7 Å². The molecule has 1 radical (unpaired) electrons. The Morgan fingerprint density at radius 3 is 2.03 bits per heavy atom. The molecule has 3 aromatic carbocycles. The van der Waals surface area contributed by atoms with Gasteiger partial charge in [0.2, 0.25) is 0 Å². The Bertz CT molecular complexity index is 1120. The van der Waals surface area contributed by atoms with Gasteiger partial charge in [-0.25, -0.2) is 4.39 Å². The lowest BCUT2D eigenvalue weighted by atomic mass is 9.91. The van der Waals surface area contributed by atoms with Crippen molar-refractivity contribution >= 4 is 8.80 Å². The summed E-state index contributed by atoms with van der Waals surface area (Å²) in [5, 5.41) is 0. The van der Waals surface area contributed by atoms with Gasteiger partial charge in [-0.15, -0.1) is 13.2 Å². The molecule has 0 saturated carbocycles. The van der Waals surface area contributed by atoms with Gasteiger partial charge < -0.3 is 4.74 Å². The lowest BCUT2D eigenvalue weighted by Crippen LogP contribution is -2.20. The summed E-state index contributed by atoms with van der Waals surface area (Å²) >= 11 is 0. The number of unbranched alkanes of at least 4 members (excludes halogenated alkanes) is 2. The van der Waals surface area contributed by atoms with Crippen LogP contribution in [0.1, 0.15) is 61.6 Å². The number of hydrogen-bond donors (Lipinski definition) is 0. The van der Waals surface area contributed by atoms with Crippen LogP contribution in [-0.2, 0) is 12.8 Å². The number of halogens is 4. The van der Waals surface area contributed by atoms with Gasteiger partial charge in [0.05, 0.1) is 0 Å². The van der Waals surface area contributed by atoms with Gasteiger partial charge in [-0.1, -0.05) is 92.8 Å². The van der Waals surface area contributed by atoms with Gasteiger partial charge in [0.25, 0.3) is 0 Å². The molecule has 1 nitrogen and oxygen atoms in total. The van der Waals surface area contributed by atoms with E-state index in [1.165, 1.54) is 62.4 Å². The highest BCUT2D eigenvalue weighted by Gasteiger charge is 2.31. The summed E-state index contributed by atoms with van der Waals surface area (Å²) in [7, 11) is -0.196. The van der Waals surface area contributed by atoms with Crippen molar-refractivity contribution in [3.63, 3.8) is 0 Å². The Morgan fingerprint density at radius 1 is 0.838 bits per heavy atom. The van der Waals surface area contributed by atoms with Crippen LogP contribution in [0.25, 0.3) is 11.1 Å². The predicted octanol–water partition coefficient (Wildman–Crippen LogP) is 9.74. The fourth-order valence-corrected chi connectivity index (χ4v) is 8.26. The minimum Gasteiger partial charge on any atom is -0.406 e. The Kier molecular flexibility index (Phi) is 9.47. The van der Waals surface area contributed by atoms with Crippen LogP contribution in [0.2, 0.25) is 18.1 Å². The van der Waals surface area contributed by atoms with Crippen LogP contribution in [0, 0.1) is 5.82 Å². The van der Waals surface area contributed by atoms with Crippen molar-refractivity contribution in [2.45, 2.75) is 82.3 Å². The molecule has 0 amide bonds. The molecule has 1 aliphatic heterocycles. The molecule has 3 aromatic rings. The third kappa shape index (κ3) is 8.19. The summed E-state index contributed by atoms with van der Waals surface area (Å²) in [4.78, 5) is 0. The van der Waals surface area contributed by atoms with E-state index in [-0.39, 0.29) is 20.4 Å². The van der Waals surface area contributed by atoms with Crippen LogP contribution in [0.3, 0.4) is 0 Å². The van der Waals surface area contributed by atoms with E-state index in [1.54, 1.807) is 18.2 Å². The quantitative estimate of drug-likeness (QED) is 0.145. The standard InChI is InChI=1S/C31H35F4OSi/c1-2-3-4-19-37-20-17-25(18-21-37)27-13-16-29(30(32)22-27)26-11-7-23(8-12-26)5-6-24-9-14-28(15-10-24)36-31(33,34)35/h7-16,22,25H,2-6,17-21H2,1H3. The van der Waals surface area contributed by atoms with Crippen molar-refractivity contribution in [3.8, 4) is 16.9 Å². The molecule has 0 aliphatic carbocycles. The first-order valence-electron chi connectivity index (χ1n) is 13.4. The van der Waals surface area contributed by atoms with E-state index in [0.29, 0.717) is 17.9 Å². The van der Waals surface area contributed by atoms with Gasteiger partial charge in [0.1, 0.15) is 11.6 Å². The molecule has 0 spiro atoms. The Labute approximate surface area is 219 Å². The second-order valence-electron chi connectivity index (χ2n) is 10.1. The number of benzene rings is 3. The number of hydrogen-bond acceptors (Lipinski definition) is 1. The maximum atomic E-state index is 15.1. The summed E-state index contributed by atoms with van der Waals surface area (Å²) < 4.78 is 55.9. The number of alkyl halides is 3. The van der Waals surface area contributed by atoms with E-state index in [4.69, 9.17) is 0 Å². The zero-order valence-electron chi connectivity index (χ0n) is 21.4. The first-order valence-corrected chi connectivity index (χ1v) is 15.5. The molecule has 0 N–H and O–H groups in total. The van der Waals surface area contributed by atoms with Gasteiger partial charge in [-0.05, 0) is 72.1 Å². The fraction of sp³-hybridized carbons (Fsp3) is 0.419. The van der Waals surface area contributed by atoms with Crippen molar-refractivity contribution in [3.05, 3.63) is 89.2 Å². The second kappa shape index (κ2) is 12.8. The van der Waals surface area contributed by atoms with Crippen LogP contribution in [-0.4, -0.2) is 15.2 Å². The van der Waals surface area contributed by atoms with Crippen molar-refractivity contribution in [2.75, 3.05) is 0 Å². The minimum atomic E-state index is -4.68. The second-order valence-corrected chi connectivity index (χ2v) is 13.1. The van der Waals surface area contributed by atoms with Crippen LogP contribution in [0.5, 0.6) is 5.75 Å². The van der Waals surface area contributed by atoms with Crippen molar-refractivity contribution in [1.29, 1.82) is 0 Å². The highest BCUT2D eigenvalue weighted by Crippen LogP contribution is 2.37. The van der Waals surface area contributed by atoms with E-state index in [0.717, 1.165) is 28.7 Å². The van der Waals surface area contributed by atoms with Crippen LogP contribution in [0.4, 0.5) is 17.6 Å². The topological polar surface area (TPSA) is 9.23 Å². The molecule has 0 aromatic heterocycles. The Balaban J connectivity index is 1.30. The molecule has 4 rings (SSSR count). The zero-order chi connectivity index (χ0) is 26.3. The highest BCUT2D eigenvalue weighted by molar-refractivity contribution is 6.59. The van der Waals surface area contributed by atoms with Gasteiger partial charge in [0, 0.05) is 14.4 Å². The molecular weight excluding hydrogens is 492 g/mol. The van der Waals surface area contributed by atoms with E-state index in [9.17, 15) is 13.2 Å². The Morgan fingerprint density at radius 2 is 1.46 bits per heavy atom. The van der Waals surface area contributed by atoms with Crippen LogP contribution in [0.15, 0.2) is 66.7 Å². The average molecular weight is 528 g/mol. The zero-order valence-corrected chi connectivity index (χ0v) is 22.4. The molecule has 1 heterocycles. The normalized spacial score (nSPS) is 15.2. The maximum Gasteiger partial charge on any atom is 0.573 e. The molecule has 1 saturated heterocycles. The summed E-state index contributed by atoms with van der Waals surface area (Å²) in [6.07, 6.45) is 3.17. The largest absolute Gasteiger partial charge is 0.573 e. The highest BCUT2D eigenvalue weighted by atomic mass is 28.3. The maximum absolute atomic E-state index is 15.1. The van der Waals surface area contributed by atoms with Crippen LogP contribution < -0.4 is 4.74 Å². The molecule has 0 atom stereocenters. The molecule has 0 unspecified atom stereocenters. The number of aryl methyl sites for hydroxylation is 2. The molecule has 37 heavy (non-hydrogen) atoms. The Hall–Kier alpha value is -2.60. The van der Waals surface area contributed by atoms with Crippen molar-refractivity contribution in [1.82, 2.24) is 0 Å². The van der Waals surface area contributed by atoms with Crippen molar-refractivity contribution < 1.29 is 22.3 Å². The van der Waals surface area contributed by atoms with Gasteiger partial charge in [-0.2, -0.15) is 0 Å².